The standard InChI is InChI=1S/C16H16N2O2S/c1-18-12-8-7-10(9-13(12)20-16(18)19)15(17)11-5-3-4-6-14(11)21-2/h3-9,15H,17H2,1-2H3. The van der Waals surface area contributed by atoms with Crippen LogP contribution in [-0.4, -0.2) is 10.8 Å². The fraction of sp³-hybridized carbons (Fsp3) is 0.188. The predicted molar refractivity (Wildman–Crippen MR) is 85.7 cm³/mol. The second kappa shape index (κ2) is 5.42. The Morgan fingerprint density at radius 1 is 1.24 bits per heavy atom. The molecule has 2 N–H and O–H groups in total. The molecule has 1 aromatic heterocycles. The number of aromatic nitrogens is 1. The Morgan fingerprint density at radius 3 is 2.76 bits per heavy atom. The second-order valence-corrected chi connectivity index (χ2v) is 5.72. The van der Waals surface area contributed by atoms with E-state index in [2.05, 4.69) is 6.07 Å². The van der Waals surface area contributed by atoms with Crippen molar-refractivity contribution in [1.29, 1.82) is 0 Å². The number of rotatable bonds is 3. The monoisotopic (exact) mass is 300 g/mol. The van der Waals surface area contributed by atoms with Crippen molar-refractivity contribution in [3.63, 3.8) is 0 Å². The molecule has 5 heteroatoms. The molecule has 0 radical (unpaired) electrons. The van der Waals surface area contributed by atoms with Gasteiger partial charge in [0.05, 0.1) is 11.6 Å². The van der Waals surface area contributed by atoms with Crippen molar-refractivity contribution in [2.24, 2.45) is 12.8 Å². The van der Waals surface area contributed by atoms with Crippen LogP contribution in [0.4, 0.5) is 0 Å². The van der Waals surface area contributed by atoms with Gasteiger partial charge < -0.3 is 10.2 Å². The molecule has 0 amide bonds. The Bertz CT molecular complexity index is 851. The summed E-state index contributed by atoms with van der Waals surface area (Å²) in [7, 11) is 1.69. The van der Waals surface area contributed by atoms with Crippen molar-refractivity contribution in [3.8, 4) is 0 Å². The molecular weight excluding hydrogens is 284 g/mol. The Labute approximate surface area is 126 Å². The summed E-state index contributed by atoms with van der Waals surface area (Å²) in [5.41, 5.74) is 9.73. The fourth-order valence-corrected chi connectivity index (χ4v) is 3.09. The molecule has 0 saturated heterocycles. The summed E-state index contributed by atoms with van der Waals surface area (Å²) < 4.78 is 6.72. The largest absolute Gasteiger partial charge is 0.419 e. The Hall–Kier alpha value is -1.98. The lowest BCUT2D eigenvalue weighted by Crippen LogP contribution is -2.12. The fourth-order valence-electron chi connectivity index (χ4n) is 2.45. The van der Waals surface area contributed by atoms with Crippen LogP contribution in [0.15, 0.2) is 56.6 Å². The van der Waals surface area contributed by atoms with Crippen LogP contribution in [-0.2, 0) is 7.05 Å². The first kappa shape index (κ1) is 14.0. The van der Waals surface area contributed by atoms with Crippen LogP contribution in [0.1, 0.15) is 17.2 Å². The zero-order chi connectivity index (χ0) is 15.0. The molecule has 1 atom stereocenters. The van der Waals surface area contributed by atoms with Crippen LogP contribution in [0.3, 0.4) is 0 Å². The third-order valence-corrected chi connectivity index (χ3v) is 4.46. The molecule has 108 valence electrons. The van der Waals surface area contributed by atoms with Gasteiger partial charge in [-0.1, -0.05) is 24.3 Å². The molecule has 0 aliphatic rings. The third kappa shape index (κ3) is 2.39. The molecule has 0 aliphatic carbocycles. The van der Waals surface area contributed by atoms with Crippen LogP contribution in [0.25, 0.3) is 11.1 Å². The molecule has 1 heterocycles. The van der Waals surface area contributed by atoms with E-state index >= 15 is 0 Å². The minimum Gasteiger partial charge on any atom is -0.408 e. The summed E-state index contributed by atoms with van der Waals surface area (Å²) in [6.07, 6.45) is 2.03. The highest BCUT2D eigenvalue weighted by atomic mass is 32.2. The van der Waals surface area contributed by atoms with Gasteiger partial charge in [0.2, 0.25) is 0 Å². The summed E-state index contributed by atoms with van der Waals surface area (Å²) in [4.78, 5) is 12.7. The first-order valence-corrected chi connectivity index (χ1v) is 7.82. The summed E-state index contributed by atoms with van der Waals surface area (Å²) in [5.74, 6) is -0.361. The number of thioether (sulfide) groups is 1. The number of nitrogens with zero attached hydrogens (tertiary/aromatic N) is 1. The zero-order valence-corrected chi connectivity index (χ0v) is 12.7. The van der Waals surface area contributed by atoms with E-state index in [1.165, 1.54) is 4.57 Å². The molecule has 4 nitrogen and oxygen atoms in total. The number of fused-ring (bicyclic) bond motifs is 1. The topological polar surface area (TPSA) is 61.2 Å². The average molecular weight is 300 g/mol. The average Bonchev–Trinajstić information content (AvgIpc) is 2.80. The molecule has 0 spiro atoms. The van der Waals surface area contributed by atoms with Crippen molar-refractivity contribution in [2.45, 2.75) is 10.9 Å². The Balaban J connectivity index is 2.09. The number of benzene rings is 2. The molecule has 0 fully saturated rings. The number of oxazole rings is 1. The van der Waals surface area contributed by atoms with Crippen LogP contribution in [0, 0.1) is 0 Å². The van der Waals surface area contributed by atoms with E-state index in [0.29, 0.717) is 5.58 Å². The van der Waals surface area contributed by atoms with Crippen LogP contribution in [0.5, 0.6) is 0 Å². The molecule has 2 aromatic carbocycles. The van der Waals surface area contributed by atoms with Gasteiger partial charge in [-0.15, -0.1) is 11.8 Å². The minimum atomic E-state index is -0.361. The second-order valence-electron chi connectivity index (χ2n) is 4.87. The zero-order valence-electron chi connectivity index (χ0n) is 11.9. The lowest BCUT2D eigenvalue weighted by atomic mass is 9.99. The van der Waals surface area contributed by atoms with E-state index in [1.807, 2.05) is 42.7 Å². The van der Waals surface area contributed by atoms with E-state index in [0.717, 1.165) is 21.5 Å². The predicted octanol–water partition coefficient (Wildman–Crippen LogP) is 2.90. The lowest BCUT2D eigenvalue weighted by molar-refractivity contribution is 0.527. The summed E-state index contributed by atoms with van der Waals surface area (Å²) >= 11 is 1.67. The first-order valence-electron chi connectivity index (χ1n) is 6.60. The van der Waals surface area contributed by atoms with E-state index in [1.54, 1.807) is 18.8 Å². The van der Waals surface area contributed by atoms with Crippen LogP contribution in [0.2, 0.25) is 0 Å². The van der Waals surface area contributed by atoms with Crippen LogP contribution < -0.4 is 11.5 Å². The normalized spacial score (nSPS) is 12.7. The van der Waals surface area contributed by atoms with Gasteiger partial charge in [0.25, 0.3) is 0 Å². The van der Waals surface area contributed by atoms with Crippen molar-refractivity contribution in [3.05, 3.63) is 64.1 Å². The molecule has 3 aromatic rings. The number of hydrogen-bond donors (Lipinski definition) is 1. The number of nitrogens with two attached hydrogens (primary N) is 1. The molecule has 3 rings (SSSR count). The SMILES string of the molecule is CSc1ccccc1C(N)c1ccc2c(c1)oc(=O)n2C. The summed E-state index contributed by atoms with van der Waals surface area (Å²) in [6, 6.07) is 13.5. The molecule has 0 bridgehead atoms. The molecule has 0 saturated carbocycles. The quantitative estimate of drug-likeness (QED) is 0.756. The van der Waals surface area contributed by atoms with Gasteiger partial charge in [-0.3, -0.25) is 4.57 Å². The highest BCUT2D eigenvalue weighted by Gasteiger charge is 2.15. The number of aryl methyl sites for hydroxylation is 1. The van der Waals surface area contributed by atoms with Crippen molar-refractivity contribution >= 4 is 22.9 Å². The molecular formula is C16H16N2O2S. The highest BCUT2D eigenvalue weighted by Crippen LogP contribution is 2.29. The maximum atomic E-state index is 11.6. The smallest absolute Gasteiger partial charge is 0.408 e. The molecule has 21 heavy (non-hydrogen) atoms. The first-order chi connectivity index (χ1) is 10.1. The third-order valence-electron chi connectivity index (χ3n) is 3.65. The van der Waals surface area contributed by atoms with E-state index in [4.69, 9.17) is 10.2 Å². The van der Waals surface area contributed by atoms with Gasteiger partial charge >= 0.3 is 5.76 Å². The lowest BCUT2D eigenvalue weighted by Gasteiger charge is -2.15. The van der Waals surface area contributed by atoms with Gasteiger partial charge in [0.1, 0.15) is 0 Å². The summed E-state index contributed by atoms with van der Waals surface area (Å²) in [6.45, 7) is 0. The highest BCUT2D eigenvalue weighted by molar-refractivity contribution is 7.98. The van der Waals surface area contributed by atoms with E-state index in [-0.39, 0.29) is 11.8 Å². The Kier molecular flexibility index (Phi) is 3.61. The van der Waals surface area contributed by atoms with Crippen molar-refractivity contribution < 1.29 is 4.42 Å². The maximum absolute atomic E-state index is 11.6. The van der Waals surface area contributed by atoms with Gasteiger partial charge in [-0.25, -0.2) is 4.79 Å². The minimum absolute atomic E-state index is 0.247. The van der Waals surface area contributed by atoms with Gasteiger partial charge in [-0.05, 0) is 35.6 Å². The van der Waals surface area contributed by atoms with Crippen molar-refractivity contribution in [1.82, 2.24) is 4.57 Å². The van der Waals surface area contributed by atoms with E-state index in [9.17, 15) is 4.79 Å². The summed E-state index contributed by atoms with van der Waals surface area (Å²) in [5, 5.41) is 0. The maximum Gasteiger partial charge on any atom is 0.419 e. The van der Waals surface area contributed by atoms with E-state index < -0.39 is 0 Å². The van der Waals surface area contributed by atoms with Gasteiger partial charge in [0.15, 0.2) is 5.58 Å². The van der Waals surface area contributed by atoms with Gasteiger partial charge in [-0.2, -0.15) is 0 Å². The van der Waals surface area contributed by atoms with Gasteiger partial charge in [0, 0.05) is 11.9 Å². The molecule has 1 unspecified atom stereocenters. The Morgan fingerprint density at radius 2 is 2.00 bits per heavy atom. The van der Waals surface area contributed by atoms with Crippen LogP contribution >= 0.6 is 11.8 Å². The number of hydrogen-bond acceptors (Lipinski definition) is 4. The van der Waals surface area contributed by atoms with Crippen molar-refractivity contribution in [2.75, 3.05) is 6.26 Å². The molecule has 0 aliphatic heterocycles.